The Morgan fingerprint density at radius 3 is 2.70 bits per heavy atom. The molecule has 3 aromatic rings. The lowest BCUT2D eigenvalue weighted by Gasteiger charge is -2.15. The second-order valence-electron chi connectivity index (χ2n) is 4.40. The molecule has 6 heteroatoms. The van der Waals surface area contributed by atoms with Crippen molar-refractivity contribution in [2.45, 2.75) is 13.0 Å². The molecule has 1 atom stereocenters. The number of benzene rings is 1. The predicted octanol–water partition coefficient (Wildman–Crippen LogP) is 3.01. The summed E-state index contributed by atoms with van der Waals surface area (Å²) in [5.74, 6) is 0.694. The van der Waals surface area contributed by atoms with Crippen molar-refractivity contribution in [3.63, 3.8) is 0 Å². The van der Waals surface area contributed by atoms with E-state index in [0.29, 0.717) is 16.3 Å². The fourth-order valence-electron chi connectivity index (χ4n) is 2.14. The summed E-state index contributed by atoms with van der Waals surface area (Å²) in [6.07, 6.45) is 4.96. The highest BCUT2D eigenvalue weighted by molar-refractivity contribution is 7.71. The molecule has 100 valence electrons. The lowest BCUT2D eigenvalue weighted by Crippen LogP contribution is -2.09. The highest BCUT2D eigenvalue weighted by atomic mass is 32.1. The molecular formula is C14H13N5S. The number of H-pyrrole nitrogens is 1. The van der Waals surface area contributed by atoms with E-state index in [1.54, 1.807) is 18.6 Å². The standard InChI is InChI=1S/C14H13N5S/c1-10(11-5-3-2-4-6-11)19-13(17-18-14(19)20)12-9-15-7-8-16-12/h2-10H,1H3,(H,18,20). The number of aromatic nitrogens is 5. The molecule has 0 radical (unpaired) electrons. The van der Waals surface area contributed by atoms with Crippen molar-refractivity contribution < 1.29 is 0 Å². The van der Waals surface area contributed by atoms with Gasteiger partial charge in [0.15, 0.2) is 10.6 Å². The van der Waals surface area contributed by atoms with Gasteiger partial charge in [0, 0.05) is 12.4 Å². The third-order valence-corrected chi connectivity index (χ3v) is 3.45. The van der Waals surface area contributed by atoms with Crippen molar-refractivity contribution in [1.29, 1.82) is 0 Å². The highest BCUT2D eigenvalue weighted by Gasteiger charge is 2.16. The summed E-state index contributed by atoms with van der Waals surface area (Å²) < 4.78 is 2.52. The van der Waals surface area contributed by atoms with Gasteiger partial charge in [-0.05, 0) is 24.7 Å². The summed E-state index contributed by atoms with van der Waals surface area (Å²) in [5, 5.41) is 7.11. The fourth-order valence-corrected chi connectivity index (χ4v) is 2.43. The molecule has 0 saturated carbocycles. The van der Waals surface area contributed by atoms with Gasteiger partial charge in [0.05, 0.1) is 12.2 Å². The minimum absolute atomic E-state index is 0.0689. The summed E-state index contributed by atoms with van der Waals surface area (Å²) in [5.41, 5.74) is 1.86. The number of hydrogen-bond donors (Lipinski definition) is 1. The summed E-state index contributed by atoms with van der Waals surface area (Å²) >= 11 is 5.35. The Labute approximate surface area is 121 Å². The minimum Gasteiger partial charge on any atom is -0.291 e. The van der Waals surface area contributed by atoms with E-state index in [4.69, 9.17) is 12.2 Å². The maximum Gasteiger partial charge on any atom is 0.196 e. The van der Waals surface area contributed by atoms with Crippen LogP contribution in [0.5, 0.6) is 0 Å². The van der Waals surface area contributed by atoms with Gasteiger partial charge in [-0.3, -0.25) is 14.6 Å². The molecule has 5 nitrogen and oxygen atoms in total. The van der Waals surface area contributed by atoms with Crippen LogP contribution in [-0.4, -0.2) is 24.7 Å². The molecule has 0 bridgehead atoms. The van der Waals surface area contributed by atoms with Gasteiger partial charge in [-0.1, -0.05) is 30.3 Å². The first-order valence-electron chi connectivity index (χ1n) is 6.25. The third kappa shape index (κ3) is 2.25. The normalized spacial score (nSPS) is 12.2. The van der Waals surface area contributed by atoms with Crippen LogP contribution in [0.25, 0.3) is 11.5 Å². The topological polar surface area (TPSA) is 59.4 Å². The molecule has 0 aliphatic rings. The molecule has 0 aliphatic carbocycles. The minimum atomic E-state index is 0.0689. The van der Waals surface area contributed by atoms with E-state index in [-0.39, 0.29) is 6.04 Å². The van der Waals surface area contributed by atoms with E-state index in [9.17, 15) is 0 Å². The van der Waals surface area contributed by atoms with Crippen molar-refractivity contribution in [3.8, 4) is 11.5 Å². The molecule has 1 unspecified atom stereocenters. The van der Waals surface area contributed by atoms with Crippen LogP contribution in [-0.2, 0) is 0 Å². The second kappa shape index (κ2) is 5.34. The maximum atomic E-state index is 5.35. The van der Waals surface area contributed by atoms with Gasteiger partial charge in [-0.2, -0.15) is 5.10 Å². The fraction of sp³-hybridized carbons (Fsp3) is 0.143. The van der Waals surface area contributed by atoms with Crippen LogP contribution in [0.1, 0.15) is 18.5 Å². The van der Waals surface area contributed by atoms with E-state index in [2.05, 4.69) is 39.2 Å². The van der Waals surface area contributed by atoms with Gasteiger partial charge in [0.2, 0.25) is 0 Å². The zero-order valence-electron chi connectivity index (χ0n) is 10.9. The van der Waals surface area contributed by atoms with Crippen molar-refractivity contribution in [1.82, 2.24) is 24.7 Å². The molecule has 0 aliphatic heterocycles. The van der Waals surface area contributed by atoms with Gasteiger partial charge >= 0.3 is 0 Å². The molecule has 0 fully saturated rings. The van der Waals surface area contributed by atoms with Crippen molar-refractivity contribution in [2.75, 3.05) is 0 Å². The molecule has 0 amide bonds. The largest absolute Gasteiger partial charge is 0.291 e. The number of aromatic amines is 1. The molecule has 0 saturated heterocycles. The monoisotopic (exact) mass is 283 g/mol. The summed E-state index contributed by atoms with van der Waals surface area (Å²) in [4.78, 5) is 8.37. The van der Waals surface area contributed by atoms with Crippen LogP contribution in [0.2, 0.25) is 0 Å². The Kier molecular flexibility index (Phi) is 3.39. The summed E-state index contributed by atoms with van der Waals surface area (Å²) in [6, 6.07) is 10.2. The van der Waals surface area contributed by atoms with Gasteiger partial charge in [-0.15, -0.1) is 0 Å². The Morgan fingerprint density at radius 2 is 2.00 bits per heavy atom. The number of hydrogen-bond acceptors (Lipinski definition) is 4. The van der Waals surface area contributed by atoms with Crippen LogP contribution >= 0.6 is 12.2 Å². The highest BCUT2D eigenvalue weighted by Crippen LogP contribution is 2.23. The predicted molar refractivity (Wildman–Crippen MR) is 78.7 cm³/mol. The number of nitrogens with zero attached hydrogens (tertiary/aromatic N) is 4. The van der Waals surface area contributed by atoms with Crippen molar-refractivity contribution >= 4 is 12.2 Å². The Bertz CT molecular complexity index is 748. The summed E-state index contributed by atoms with van der Waals surface area (Å²) in [7, 11) is 0. The van der Waals surface area contributed by atoms with Crippen molar-refractivity contribution in [2.24, 2.45) is 0 Å². The molecule has 2 heterocycles. The lowest BCUT2D eigenvalue weighted by molar-refractivity contribution is 0.634. The van der Waals surface area contributed by atoms with Crippen LogP contribution in [0.3, 0.4) is 0 Å². The molecule has 0 spiro atoms. The first-order valence-corrected chi connectivity index (χ1v) is 6.66. The summed E-state index contributed by atoms with van der Waals surface area (Å²) in [6.45, 7) is 2.08. The Balaban J connectivity index is 2.11. The van der Waals surface area contributed by atoms with Crippen molar-refractivity contribution in [3.05, 3.63) is 59.3 Å². The average Bonchev–Trinajstić information content (AvgIpc) is 2.90. The van der Waals surface area contributed by atoms with Crippen LogP contribution in [0, 0.1) is 4.77 Å². The zero-order valence-corrected chi connectivity index (χ0v) is 11.7. The molecule has 1 aromatic carbocycles. The van der Waals surface area contributed by atoms with Gasteiger partial charge in [-0.25, -0.2) is 4.98 Å². The molecule has 2 aromatic heterocycles. The van der Waals surface area contributed by atoms with E-state index in [1.165, 1.54) is 0 Å². The van der Waals surface area contributed by atoms with Gasteiger partial charge < -0.3 is 0 Å². The smallest absolute Gasteiger partial charge is 0.196 e. The second-order valence-corrected chi connectivity index (χ2v) is 4.79. The Morgan fingerprint density at radius 1 is 1.20 bits per heavy atom. The Hall–Kier alpha value is -2.34. The SMILES string of the molecule is CC(c1ccccc1)n1c(-c2cnccn2)n[nH]c1=S. The lowest BCUT2D eigenvalue weighted by atomic mass is 10.1. The van der Waals surface area contributed by atoms with E-state index >= 15 is 0 Å². The molecular weight excluding hydrogens is 270 g/mol. The molecule has 1 N–H and O–H groups in total. The molecule has 3 rings (SSSR count). The van der Waals surface area contributed by atoms with E-state index in [0.717, 1.165) is 5.56 Å². The van der Waals surface area contributed by atoms with Crippen LogP contribution < -0.4 is 0 Å². The third-order valence-electron chi connectivity index (χ3n) is 3.17. The first kappa shape index (κ1) is 12.7. The maximum absolute atomic E-state index is 5.35. The first-order chi connectivity index (χ1) is 9.77. The number of rotatable bonds is 3. The molecule has 20 heavy (non-hydrogen) atoms. The number of nitrogens with one attached hydrogen (secondary N) is 1. The average molecular weight is 283 g/mol. The quantitative estimate of drug-likeness (QED) is 0.751. The van der Waals surface area contributed by atoms with Crippen LogP contribution in [0.15, 0.2) is 48.9 Å². The van der Waals surface area contributed by atoms with E-state index < -0.39 is 0 Å². The van der Waals surface area contributed by atoms with E-state index in [1.807, 2.05) is 22.8 Å². The van der Waals surface area contributed by atoms with Gasteiger partial charge in [0.25, 0.3) is 0 Å². The zero-order chi connectivity index (χ0) is 13.9. The van der Waals surface area contributed by atoms with Crippen LogP contribution in [0.4, 0.5) is 0 Å². The van der Waals surface area contributed by atoms with Gasteiger partial charge in [0.1, 0.15) is 5.69 Å².